The molecule has 3 nitrogen and oxygen atoms in total. The van der Waals surface area contributed by atoms with Crippen LogP contribution in [0.25, 0.3) is 11.1 Å². The van der Waals surface area contributed by atoms with Gasteiger partial charge in [-0.1, -0.05) is 42.5 Å². The van der Waals surface area contributed by atoms with Gasteiger partial charge in [-0.2, -0.15) is 0 Å². The highest BCUT2D eigenvalue weighted by atomic mass is 19.1. The summed E-state index contributed by atoms with van der Waals surface area (Å²) in [7, 11) is 0. The number of carbonyl (C=O) groups excluding carboxylic acids is 1. The third kappa shape index (κ3) is 4.12. The van der Waals surface area contributed by atoms with Crippen molar-refractivity contribution in [2.24, 2.45) is 5.92 Å². The van der Waals surface area contributed by atoms with Crippen LogP contribution in [0.3, 0.4) is 0 Å². The molecule has 1 atom stereocenters. The van der Waals surface area contributed by atoms with Crippen molar-refractivity contribution in [2.45, 2.75) is 31.7 Å². The van der Waals surface area contributed by atoms with Crippen molar-refractivity contribution < 1.29 is 13.9 Å². The molecule has 2 aromatic rings. The fraction of sp³-hybridized carbons (Fsp3) is 0.435. The van der Waals surface area contributed by atoms with E-state index in [1.54, 1.807) is 12.1 Å². The number of piperidine rings is 1. The highest BCUT2D eigenvalue weighted by Gasteiger charge is 2.31. The molecule has 0 N–H and O–H groups in total. The second-order valence-electron chi connectivity index (χ2n) is 7.60. The number of likely N-dealkylation sites (tertiary alicyclic amines) is 1. The zero-order valence-electron chi connectivity index (χ0n) is 15.6. The van der Waals surface area contributed by atoms with Crippen LogP contribution in [0.5, 0.6) is 0 Å². The van der Waals surface area contributed by atoms with Gasteiger partial charge in [0.05, 0.1) is 0 Å². The van der Waals surface area contributed by atoms with Gasteiger partial charge < -0.3 is 4.74 Å². The van der Waals surface area contributed by atoms with Crippen LogP contribution in [0.15, 0.2) is 48.5 Å². The minimum Gasteiger partial charge on any atom is -0.381 e. The lowest BCUT2D eigenvalue weighted by molar-refractivity contribution is 0.0183. The minimum absolute atomic E-state index is 0.0384. The summed E-state index contributed by atoms with van der Waals surface area (Å²) in [6, 6.07) is 14.9. The van der Waals surface area contributed by atoms with Gasteiger partial charge in [-0.05, 0) is 43.9 Å². The fourth-order valence-electron chi connectivity index (χ4n) is 4.36. The van der Waals surface area contributed by atoms with Crippen molar-refractivity contribution in [3.63, 3.8) is 0 Å². The summed E-state index contributed by atoms with van der Waals surface area (Å²) in [4.78, 5) is 15.5. The topological polar surface area (TPSA) is 29.5 Å². The van der Waals surface area contributed by atoms with Crippen molar-refractivity contribution in [1.82, 2.24) is 4.90 Å². The first-order chi connectivity index (χ1) is 13.2. The number of hydrogen-bond donors (Lipinski definition) is 0. The molecule has 142 valence electrons. The summed E-state index contributed by atoms with van der Waals surface area (Å²) in [6.45, 7) is 3.46. The van der Waals surface area contributed by atoms with Crippen molar-refractivity contribution in [2.75, 3.05) is 26.3 Å². The van der Waals surface area contributed by atoms with Gasteiger partial charge in [0.2, 0.25) is 0 Å². The Bertz CT molecular complexity index is 786. The summed E-state index contributed by atoms with van der Waals surface area (Å²) in [6.07, 6.45) is 4.00. The molecule has 2 fully saturated rings. The molecular formula is C23H26FNO2. The van der Waals surface area contributed by atoms with Crippen LogP contribution in [-0.2, 0) is 4.74 Å². The third-order valence-electron chi connectivity index (χ3n) is 5.87. The van der Waals surface area contributed by atoms with Crippen LogP contribution in [0.2, 0.25) is 0 Å². The molecule has 2 saturated heterocycles. The summed E-state index contributed by atoms with van der Waals surface area (Å²) in [5, 5.41) is 0. The van der Waals surface area contributed by atoms with Crippen LogP contribution in [0, 0.1) is 11.7 Å². The molecular weight excluding hydrogens is 341 g/mol. The molecule has 4 heteroatoms. The molecule has 2 aliphatic rings. The second kappa shape index (κ2) is 8.32. The Morgan fingerprint density at radius 1 is 1.04 bits per heavy atom. The molecule has 2 aliphatic heterocycles. The summed E-state index contributed by atoms with van der Waals surface area (Å²) in [5.41, 5.74) is 1.86. The second-order valence-corrected chi connectivity index (χ2v) is 7.60. The zero-order chi connectivity index (χ0) is 18.6. The van der Waals surface area contributed by atoms with E-state index in [1.165, 1.54) is 6.07 Å². The molecule has 0 aliphatic carbocycles. The van der Waals surface area contributed by atoms with E-state index in [2.05, 4.69) is 4.90 Å². The number of benzene rings is 2. The van der Waals surface area contributed by atoms with Crippen LogP contribution in [-0.4, -0.2) is 43.0 Å². The quantitative estimate of drug-likeness (QED) is 0.742. The number of Topliss-reactive ketones (excluding diaryl/α,β-unsaturated/α-hetero) is 1. The monoisotopic (exact) mass is 367 g/mol. The predicted molar refractivity (Wildman–Crippen MR) is 104 cm³/mol. The Morgan fingerprint density at radius 3 is 2.56 bits per heavy atom. The Balaban J connectivity index is 1.48. The number of hydrogen-bond acceptors (Lipinski definition) is 3. The van der Waals surface area contributed by atoms with Gasteiger partial charge >= 0.3 is 0 Å². The normalized spacial score (nSPS) is 21.9. The van der Waals surface area contributed by atoms with E-state index in [1.807, 2.05) is 30.3 Å². The summed E-state index contributed by atoms with van der Waals surface area (Å²) >= 11 is 0. The number of ketones is 1. The lowest BCUT2D eigenvalue weighted by Gasteiger charge is -2.39. The Labute approximate surface area is 160 Å². The number of nitrogens with zero attached hydrogens (tertiary/aromatic N) is 1. The summed E-state index contributed by atoms with van der Waals surface area (Å²) < 4.78 is 20.1. The van der Waals surface area contributed by atoms with Gasteiger partial charge in [-0.3, -0.25) is 9.69 Å². The maximum atomic E-state index is 14.7. The van der Waals surface area contributed by atoms with E-state index in [-0.39, 0.29) is 17.5 Å². The van der Waals surface area contributed by atoms with Gasteiger partial charge in [0.1, 0.15) is 5.82 Å². The van der Waals surface area contributed by atoms with E-state index >= 15 is 0 Å². The number of halogens is 1. The molecule has 1 unspecified atom stereocenters. The van der Waals surface area contributed by atoms with E-state index in [0.717, 1.165) is 57.6 Å². The lowest BCUT2D eigenvalue weighted by atomic mass is 9.88. The Hall–Kier alpha value is -2.04. The van der Waals surface area contributed by atoms with Crippen LogP contribution >= 0.6 is 0 Å². The maximum absolute atomic E-state index is 14.7. The highest BCUT2D eigenvalue weighted by molar-refractivity contribution is 5.98. The SMILES string of the molecule is O=C(c1ccc(-c2ccccc2)c(F)c1)C1CCCN(C2CCOCC2)C1. The van der Waals surface area contributed by atoms with Gasteiger partial charge in [0, 0.05) is 42.8 Å². The number of rotatable bonds is 4. The zero-order valence-corrected chi connectivity index (χ0v) is 15.6. The van der Waals surface area contributed by atoms with Gasteiger partial charge in [0.15, 0.2) is 5.78 Å². The molecule has 0 amide bonds. The molecule has 4 rings (SSSR count). The first-order valence-electron chi connectivity index (χ1n) is 9.93. The van der Waals surface area contributed by atoms with Crippen molar-refractivity contribution >= 4 is 5.78 Å². The standard InChI is InChI=1S/C23H26FNO2/c24-22-15-18(8-9-21(22)17-5-2-1-3-6-17)23(26)19-7-4-12-25(16-19)20-10-13-27-14-11-20/h1-3,5-6,8-9,15,19-20H,4,7,10-14,16H2. The molecule has 0 aromatic heterocycles. The molecule has 0 saturated carbocycles. The van der Waals surface area contributed by atoms with Crippen LogP contribution < -0.4 is 0 Å². The average molecular weight is 367 g/mol. The van der Waals surface area contributed by atoms with Crippen LogP contribution in [0.4, 0.5) is 4.39 Å². The molecule has 2 heterocycles. The smallest absolute Gasteiger partial charge is 0.167 e. The van der Waals surface area contributed by atoms with Crippen molar-refractivity contribution in [3.8, 4) is 11.1 Å². The minimum atomic E-state index is -0.329. The Morgan fingerprint density at radius 2 is 1.81 bits per heavy atom. The first kappa shape index (κ1) is 18.3. The van der Waals surface area contributed by atoms with E-state index in [0.29, 0.717) is 17.2 Å². The van der Waals surface area contributed by atoms with Crippen molar-refractivity contribution in [1.29, 1.82) is 0 Å². The summed E-state index contributed by atoms with van der Waals surface area (Å²) in [5.74, 6) is -0.294. The van der Waals surface area contributed by atoms with Gasteiger partial charge in [0.25, 0.3) is 0 Å². The molecule has 0 radical (unpaired) electrons. The predicted octanol–water partition coefficient (Wildman–Crippen LogP) is 4.57. The van der Waals surface area contributed by atoms with E-state index in [4.69, 9.17) is 4.74 Å². The fourth-order valence-corrected chi connectivity index (χ4v) is 4.36. The maximum Gasteiger partial charge on any atom is 0.167 e. The van der Waals surface area contributed by atoms with Gasteiger partial charge in [-0.15, -0.1) is 0 Å². The molecule has 27 heavy (non-hydrogen) atoms. The van der Waals surface area contributed by atoms with E-state index in [9.17, 15) is 9.18 Å². The molecule has 0 spiro atoms. The third-order valence-corrected chi connectivity index (χ3v) is 5.87. The lowest BCUT2D eigenvalue weighted by Crippen LogP contribution is -2.46. The number of ether oxygens (including phenoxy) is 1. The molecule has 2 aromatic carbocycles. The van der Waals surface area contributed by atoms with Crippen LogP contribution in [0.1, 0.15) is 36.0 Å². The largest absolute Gasteiger partial charge is 0.381 e. The number of carbonyl (C=O) groups is 1. The highest BCUT2D eigenvalue weighted by Crippen LogP contribution is 2.28. The van der Waals surface area contributed by atoms with Crippen molar-refractivity contribution in [3.05, 3.63) is 59.9 Å². The average Bonchev–Trinajstić information content (AvgIpc) is 2.74. The first-order valence-corrected chi connectivity index (χ1v) is 9.93. The Kier molecular flexibility index (Phi) is 5.65. The molecule has 0 bridgehead atoms. The van der Waals surface area contributed by atoms with E-state index < -0.39 is 0 Å². The van der Waals surface area contributed by atoms with Gasteiger partial charge in [-0.25, -0.2) is 4.39 Å².